The Kier molecular flexibility index (Phi) is 408. The molecule has 176 valence electrons. The Labute approximate surface area is 269 Å². The zero-order valence-corrected chi connectivity index (χ0v) is 19.6. The Morgan fingerprint density at radius 3 is 0.364 bits per heavy atom. The topological polar surface area (TPSA) is 199 Å². The quantitative estimate of drug-likeness (QED) is 0.202. The molecule has 0 unspecified atom stereocenters. The summed E-state index contributed by atoms with van der Waals surface area (Å²) in [5.74, 6) is 0. The molecule has 0 fully saturated rings. The van der Waals surface area contributed by atoms with Crippen LogP contribution in [-0.4, -0.2) is 15.3 Å². The molecular formula is H27Fe10N3O9. The van der Waals surface area contributed by atoms with Crippen LogP contribution < -0.4 is 0 Å². The molecule has 0 aromatic carbocycles. The molecule has 0 aliphatic rings. The maximum absolute atomic E-state index is 8.25. The van der Waals surface area contributed by atoms with E-state index in [0.717, 1.165) is 0 Å². The molecule has 12 nitrogen and oxygen atoms in total. The van der Waals surface area contributed by atoms with E-state index in [1.54, 1.807) is 0 Å². The second-order valence-electron chi connectivity index (χ2n) is 0.671. The molecule has 0 bridgehead atoms. The van der Waals surface area contributed by atoms with Crippen LogP contribution in [0.2, 0.25) is 0 Å². The number of rotatable bonds is 0. The Balaban J connectivity index is -0.000000000474. The zero-order chi connectivity index (χ0) is 10.7. The summed E-state index contributed by atoms with van der Waals surface area (Å²) in [4.78, 5) is 24.8. The SMILES string of the molecule is O=[N+]([O-])[O-].O=[N+]([O-])[O-].O=[N+]([O-])[O-].[Fe+3].[Fe+3].[Fe+3].[Fe+3].[Fe+3].[Fe+3].[Fe+3].[Fe+3].[Fe+3].[Fe+3].[H-].[H-].[H-].[H-].[H-].[H-].[H-].[H-].[H-].[H-].[H-].[H-].[H-].[H-].[H-].[H-].[H-].[H-].[H-].[H-].[H-].[H-].[H-].[H-].[H-].[H-].[H-]. The number of hydrogen-bond acceptors (Lipinski definition) is 9. The summed E-state index contributed by atoms with van der Waals surface area (Å²) in [6.45, 7) is 0. The average molecular weight is 772 g/mol. The average Bonchev–Trinajstić information content (AvgIpc) is 1.54. The van der Waals surface area contributed by atoms with E-state index in [2.05, 4.69) is 0 Å². The van der Waals surface area contributed by atoms with Gasteiger partial charge >= 0.3 is 171 Å². The van der Waals surface area contributed by atoms with Gasteiger partial charge in [0.2, 0.25) is 0 Å². The van der Waals surface area contributed by atoms with Crippen LogP contribution in [0, 0.1) is 46.0 Å². The van der Waals surface area contributed by atoms with E-state index in [-0.39, 0.29) is 209 Å². The molecule has 0 aliphatic heterocycles. The van der Waals surface area contributed by atoms with E-state index in [9.17, 15) is 0 Å². The van der Waals surface area contributed by atoms with Gasteiger partial charge in [-0.2, -0.15) is 0 Å². The first kappa shape index (κ1) is 101. The Bertz CT molecular complexity index is 178. The van der Waals surface area contributed by atoms with Crippen molar-refractivity contribution in [2.24, 2.45) is 0 Å². The molecule has 0 aliphatic carbocycles. The maximum atomic E-state index is 8.25. The molecule has 0 rings (SSSR count). The Hall–Kier alpha value is 2.79. The first-order valence-corrected chi connectivity index (χ1v) is 1.64. The van der Waals surface area contributed by atoms with Crippen molar-refractivity contribution in [1.82, 2.24) is 0 Å². The fraction of sp³-hybridized carbons (Fsp3) is 0. The Morgan fingerprint density at radius 2 is 0.364 bits per heavy atom. The predicted molar refractivity (Wildman–Crippen MR) is 61.1 cm³/mol. The van der Waals surface area contributed by atoms with Crippen LogP contribution in [0.4, 0.5) is 0 Å². The maximum Gasteiger partial charge on any atom is 3.00 e. The Morgan fingerprint density at radius 1 is 0.364 bits per heavy atom. The van der Waals surface area contributed by atoms with Crippen LogP contribution in [-0.2, 0) is 171 Å². The van der Waals surface area contributed by atoms with Crippen molar-refractivity contribution >= 4 is 0 Å². The summed E-state index contributed by atoms with van der Waals surface area (Å²) in [7, 11) is 0. The molecule has 0 atom stereocenters. The fourth-order valence-corrected chi connectivity index (χ4v) is 0. The third kappa shape index (κ3) is 1390. The summed E-state index contributed by atoms with van der Waals surface area (Å²) in [5.41, 5.74) is 0. The second kappa shape index (κ2) is 88.9. The van der Waals surface area contributed by atoms with Crippen LogP contribution in [0.5, 0.6) is 0 Å². The van der Waals surface area contributed by atoms with E-state index in [0.29, 0.717) is 0 Å². The first-order chi connectivity index (χ1) is 5.20. The van der Waals surface area contributed by atoms with Crippen LogP contribution in [0.25, 0.3) is 0 Å². The minimum absolute atomic E-state index is 0. The molecule has 0 saturated heterocycles. The van der Waals surface area contributed by atoms with Crippen LogP contribution in [0.3, 0.4) is 0 Å². The minimum Gasteiger partial charge on any atom is -1.00 e. The molecule has 0 amide bonds. The van der Waals surface area contributed by atoms with Crippen molar-refractivity contribution < 1.29 is 224 Å². The minimum atomic E-state index is -1.75. The predicted octanol–water partition coefficient (Wildman–Crippen LogP) is 2.30. The van der Waals surface area contributed by atoms with Gasteiger partial charge in [0.15, 0.2) is 0 Å². The van der Waals surface area contributed by atoms with Gasteiger partial charge in [0.25, 0.3) is 0 Å². The van der Waals surface area contributed by atoms with Gasteiger partial charge in [-0.3, -0.25) is 0 Å². The van der Waals surface area contributed by atoms with Gasteiger partial charge in [-0.05, 0) is 0 Å². The van der Waals surface area contributed by atoms with Crippen molar-refractivity contribution in [2.75, 3.05) is 0 Å². The fourth-order valence-electron chi connectivity index (χ4n) is 0. The van der Waals surface area contributed by atoms with E-state index in [1.807, 2.05) is 0 Å². The molecular weight excluding hydrogens is 744 g/mol. The molecule has 0 heterocycles. The van der Waals surface area contributed by atoms with Gasteiger partial charge in [-0.15, -0.1) is 0 Å². The summed E-state index contributed by atoms with van der Waals surface area (Å²) >= 11 is 0. The van der Waals surface area contributed by atoms with Gasteiger partial charge < -0.3 is 84.5 Å². The van der Waals surface area contributed by atoms with E-state index in [1.165, 1.54) is 0 Å². The van der Waals surface area contributed by atoms with Gasteiger partial charge in [0.05, 0.1) is 15.3 Å². The normalized spacial score (nSPS) is 3.27. The van der Waals surface area contributed by atoms with Crippen molar-refractivity contribution in [3.05, 3.63) is 46.0 Å². The third-order valence-corrected chi connectivity index (χ3v) is 0. The van der Waals surface area contributed by atoms with Gasteiger partial charge in [-0.1, -0.05) is 0 Å². The molecule has 22 heavy (non-hydrogen) atoms. The first-order valence-electron chi connectivity index (χ1n) is 1.64. The van der Waals surface area contributed by atoms with Crippen molar-refractivity contribution in [3.63, 3.8) is 0 Å². The summed E-state index contributed by atoms with van der Waals surface area (Å²) in [6, 6.07) is 0. The summed E-state index contributed by atoms with van der Waals surface area (Å²) in [5, 5.41) is 44.2. The summed E-state index contributed by atoms with van der Waals surface area (Å²) in [6.07, 6.45) is 0. The molecule has 0 spiro atoms. The number of nitrogens with zero attached hydrogens (tertiary/aromatic N) is 3. The standard InChI is InChI=1S/10Fe.3NO3.27H/c;;;;;;;;;;3*2-1(3)4;;;;;;;;;;;;;;;;;;;;;;;;;;;/q10*+3;30*-1. The molecule has 0 aromatic rings. The third-order valence-electron chi connectivity index (χ3n) is 0. The molecule has 10 radical (unpaired) electrons. The molecule has 0 N–H and O–H groups in total. The molecule has 0 aromatic heterocycles. The van der Waals surface area contributed by atoms with Crippen LogP contribution in [0.1, 0.15) is 38.5 Å². The van der Waals surface area contributed by atoms with E-state index < -0.39 is 15.3 Å². The monoisotopic (exact) mass is 773 g/mol. The molecule has 22 heteroatoms. The smallest absolute Gasteiger partial charge is 1.00 e. The van der Waals surface area contributed by atoms with Gasteiger partial charge in [0.1, 0.15) is 0 Å². The van der Waals surface area contributed by atoms with E-state index in [4.69, 9.17) is 46.0 Å². The molecule has 0 saturated carbocycles. The largest absolute Gasteiger partial charge is 3.00 e. The second-order valence-corrected chi connectivity index (χ2v) is 0.671. The number of hydrogen-bond donors (Lipinski definition) is 0. The van der Waals surface area contributed by atoms with E-state index >= 15 is 0 Å². The zero-order valence-electron chi connectivity index (χ0n) is 35.6. The summed E-state index contributed by atoms with van der Waals surface area (Å²) < 4.78 is 0. The van der Waals surface area contributed by atoms with Crippen molar-refractivity contribution in [3.8, 4) is 0 Å². The van der Waals surface area contributed by atoms with Gasteiger partial charge in [0, 0.05) is 0 Å². The van der Waals surface area contributed by atoms with Crippen LogP contribution >= 0.6 is 0 Å². The van der Waals surface area contributed by atoms with Crippen LogP contribution in [0.15, 0.2) is 0 Å². The van der Waals surface area contributed by atoms with Crippen molar-refractivity contribution in [1.29, 1.82) is 0 Å². The van der Waals surface area contributed by atoms with Crippen molar-refractivity contribution in [2.45, 2.75) is 0 Å². The van der Waals surface area contributed by atoms with Gasteiger partial charge in [-0.25, -0.2) is 0 Å².